The van der Waals surface area contributed by atoms with Gasteiger partial charge in [0.2, 0.25) is 0 Å². The van der Waals surface area contributed by atoms with E-state index < -0.39 is 0 Å². The van der Waals surface area contributed by atoms with Gasteiger partial charge in [0.1, 0.15) is 0 Å². The number of allylic oxidation sites excluding steroid dienone is 4. The first kappa shape index (κ1) is 17.2. The maximum absolute atomic E-state index is 3.72. The van der Waals surface area contributed by atoms with E-state index in [-0.39, 0.29) is 0 Å². The summed E-state index contributed by atoms with van der Waals surface area (Å²) in [7, 11) is 0. The molecule has 0 radical (unpaired) electrons. The van der Waals surface area contributed by atoms with Gasteiger partial charge in [-0.3, -0.25) is 0 Å². The predicted molar refractivity (Wildman–Crippen MR) is 84.7 cm³/mol. The Morgan fingerprint density at radius 3 is 1.50 bits per heavy atom. The van der Waals surface area contributed by atoms with E-state index >= 15 is 0 Å². The number of hydrogen-bond donors (Lipinski definition) is 0. The van der Waals surface area contributed by atoms with Crippen LogP contribution in [0.3, 0.4) is 0 Å². The van der Waals surface area contributed by atoms with Crippen molar-refractivity contribution in [1.29, 1.82) is 0 Å². The van der Waals surface area contributed by atoms with E-state index in [0.717, 1.165) is 36.5 Å². The Hall–Kier alpha value is -0.780. The second-order valence-corrected chi connectivity index (χ2v) is 5.90. The van der Waals surface area contributed by atoms with Gasteiger partial charge in [-0.25, -0.2) is 0 Å². The Morgan fingerprint density at radius 1 is 0.944 bits per heavy atom. The van der Waals surface area contributed by atoms with Crippen LogP contribution in [0.4, 0.5) is 0 Å². The zero-order valence-electron chi connectivity index (χ0n) is 12.9. The molecule has 0 nitrogen and oxygen atoms in total. The summed E-state index contributed by atoms with van der Waals surface area (Å²) in [4.78, 5) is 0. The highest BCUT2D eigenvalue weighted by atomic mass is 14.2. The van der Waals surface area contributed by atoms with Crippen LogP contribution in [0.2, 0.25) is 0 Å². The highest BCUT2D eigenvalue weighted by Crippen LogP contribution is 2.23. The molecular weight excluding hydrogens is 216 g/mol. The Labute approximate surface area is 115 Å². The summed E-state index contributed by atoms with van der Waals surface area (Å²) < 4.78 is 0. The standard InChI is InChI=1S/C10H18.C8H14/c1-5-7-9(3)10(4)8-6-2;1-7-5-3-4-6-8(7)2/h5-6,9-10H,1-2,7-8H2,3-4H3;3-4,7-8H,5-6H2,1-2H3. The third-order valence-corrected chi connectivity index (χ3v) is 4.20. The van der Waals surface area contributed by atoms with Gasteiger partial charge >= 0.3 is 0 Å². The summed E-state index contributed by atoms with van der Waals surface area (Å²) in [5.74, 6) is 3.32. The van der Waals surface area contributed by atoms with Gasteiger partial charge in [0.15, 0.2) is 0 Å². The molecule has 0 spiro atoms. The molecule has 0 fully saturated rings. The quantitative estimate of drug-likeness (QED) is 0.522. The Morgan fingerprint density at radius 2 is 1.28 bits per heavy atom. The zero-order valence-corrected chi connectivity index (χ0v) is 12.9. The van der Waals surface area contributed by atoms with Crippen LogP contribution in [-0.2, 0) is 0 Å². The molecule has 1 aliphatic carbocycles. The molecule has 4 unspecified atom stereocenters. The van der Waals surface area contributed by atoms with Gasteiger partial charge in [0.25, 0.3) is 0 Å². The van der Waals surface area contributed by atoms with Crippen molar-refractivity contribution in [3.63, 3.8) is 0 Å². The number of rotatable bonds is 5. The molecule has 0 aliphatic heterocycles. The molecule has 1 aliphatic rings. The molecule has 0 aromatic rings. The molecule has 0 N–H and O–H groups in total. The lowest BCUT2D eigenvalue weighted by atomic mass is 9.86. The minimum absolute atomic E-state index is 0.746. The van der Waals surface area contributed by atoms with Crippen molar-refractivity contribution in [2.24, 2.45) is 23.7 Å². The van der Waals surface area contributed by atoms with Crippen LogP contribution in [0, 0.1) is 23.7 Å². The van der Waals surface area contributed by atoms with Crippen LogP contribution in [0.1, 0.15) is 53.4 Å². The summed E-state index contributed by atoms with van der Waals surface area (Å²) in [6, 6.07) is 0. The second kappa shape index (κ2) is 10.2. The van der Waals surface area contributed by atoms with Crippen LogP contribution >= 0.6 is 0 Å². The van der Waals surface area contributed by atoms with Gasteiger partial charge in [0, 0.05) is 0 Å². The SMILES string of the molecule is C=CCC(C)C(C)CC=C.CC1CC=CCC1C. The van der Waals surface area contributed by atoms with Crippen LogP contribution in [0.15, 0.2) is 37.5 Å². The summed E-state index contributed by atoms with van der Waals surface area (Å²) >= 11 is 0. The van der Waals surface area contributed by atoms with E-state index in [1.807, 2.05) is 12.2 Å². The fourth-order valence-corrected chi connectivity index (χ4v) is 2.08. The van der Waals surface area contributed by atoms with E-state index in [0.29, 0.717) is 0 Å². The fraction of sp³-hybridized carbons (Fsp3) is 0.667. The smallest absolute Gasteiger partial charge is 0.0322 e. The molecule has 0 aromatic carbocycles. The first-order chi connectivity index (χ1) is 8.52. The zero-order chi connectivity index (χ0) is 14.0. The van der Waals surface area contributed by atoms with Crippen molar-refractivity contribution in [2.45, 2.75) is 53.4 Å². The van der Waals surface area contributed by atoms with Crippen molar-refractivity contribution in [1.82, 2.24) is 0 Å². The molecule has 0 saturated heterocycles. The molecule has 0 bridgehead atoms. The highest BCUT2D eigenvalue weighted by molar-refractivity contribution is 4.91. The summed E-state index contributed by atoms with van der Waals surface area (Å²) in [5.41, 5.74) is 0. The van der Waals surface area contributed by atoms with Crippen LogP contribution in [-0.4, -0.2) is 0 Å². The highest BCUT2D eigenvalue weighted by Gasteiger charge is 2.11. The first-order valence-corrected chi connectivity index (χ1v) is 7.39. The minimum Gasteiger partial charge on any atom is -0.103 e. The van der Waals surface area contributed by atoms with Crippen molar-refractivity contribution >= 4 is 0 Å². The van der Waals surface area contributed by atoms with Crippen LogP contribution < -0.4 is 0 Å². The van der Waals surface area contributed by atoms with E-state index in [2.05, 4.69) is 53.0 Å². The molecule has 0 saturated carbocycles. The third kappa shape index (κ3) is 7.53. The normalized spacial score (nSPS) is 25.6. The van der Waals surface area contributed by atoms with Gasteiger partial charge in [-0.1, -0.05) is 52.0 Å². The average molecular weight is 248 g/mol. The molecule has 4 atom stereocenters. The van der Waals surface area contributed by atoms with Crippen molar-refractivity contribution in [2.75, 3.05) is 0 Å². The Bertz CT molecular complexity index is 223. The second-order valence-electron chi connectivity index (χ2n) is 5.90. The van der Waals surface area contributed by atoms with Gasteiger partial charge in [-0.2, -0.15) is 0 Å². The van der Waals surface area contributed by atoms with Gasteiger partial charge in [-0.15, -0.1) is 13.2 Å². The lowest BCUT2D eigenvalue weighted by molar-refractivity contribution is 0.380. The molecule has 0 amide bonds. The maximum atomic E-state index is 3.72. The van der Waals surface area contributed by atoms with Gasteiger partial charge in [0.05, 0.1) is 0 Å². The lowest BCUT2D eigenvalue weighted by Crippen LogP contribution is -2.08. The largest absolute Gasteiger partial charge is 0.103 e. The molecule has 0 aromatic heterocycles. The minimum atomic E-state index is 0.746. The Kier molecular flexibility index (Phi) is 9.73. The monoisotopic (exact) mass is 248 g/mol. The van der Waals surface area contributed by atoms with Gasteiger partial charge < -0.3 is 0 Å². The first-order valence-electron chi connectivity index (χ1n) is 7.39. The molecule has 0 heteroatoms. The average Bonchev–Trinajstić information content (AvgIpc) is 2.34. The summed E-state index contributed by atoms with van der Waals surface area (Å²) in [6.07, 6.45) is 13.4. The van der Waals surface area contributed by atoms with E-state index in [4.69, 9.17) is 0 Å². The molecule has 1 rings (SSSR count). The van der Waals surface area contributed by atoms with Gasteiger partial charge in [-0.05, 0) is 49.4 Å². The lowest BCUT2D eigenvalue weighted by Gasteiger charge is -2.19. The third-order valence-electron chi connectivity index (χ3n) is 4.20. The molecule has 0 heterocycles. The van der Waals surface area contributed by atoms with Crippen molar-refractivity contribution < 1.29 is 0 Å². The van der Waals surface area contributed by atoms with E-state index in [9.17, 15) is 0 Å². The Balaban J connectivity index is 0.000000327. The summed E-state index contributed by atoms with van der Waals surface area (Å²) in [6.45, 7) is 16.6. The molecule has 18 heavy (non-hydrogen) atoms. The molecule has 104 valence electrons. The van der Waals surface area contributed by atoms with Crippen LogP contribution in [0.5, 0.6) is 0 Å². The summed E-state index contributed by atoms with van der Waals surface area (Å²) in [5, 5.41) is 0. The van der Waals surface area contributed by atoms with Crippen LogP contribution in [0.25, 0.3) is 0 Å². The van der Waals surface area contributed by atoms with E-state index in [1.165, 1.54) is 12.8 Å². The maximum Gasteiger partial charge on any atom is -0.0322 e. The van der Waals surface area contributed by atoms with E-state index in [1.54, 1.807) is 0 Å². The molecular formula is C18H32. The topological polar surface area (TPSA) is 0 Å². The van der Waals surface area contributed by atoms with Crippen molar-refractivity contribution in [3.05, 3.63) is 37.5 Å². The predicted octanol–water partition coefficient (Wildman–Crippen LogP) is 6.02. The number of hydrogen-bond acceptors (Lipinski definition) is 0. The fourth-order valence-electron chi connectivity index (χ4n) is 2.08. The van der Waals surface area contributed by atoms with Crippen molar-refractivity contribution in [3.8, 4) is 0 Å².